The largest absolute Gasteiger partial charge is 0.291 e. The van der Waals surface area contributed by atoms with Crippen LogP contribution in [0.3, 0.4) is 0 Å². The van der Waals surface area contributed by atoms with E-state index >= 15 is 0 Å². The Morgan fingerprint density at radius 1 is 1.25 bits per heavy atom. The first-order valence-corrected chi connectivity index (χ1v) is 6.16. The lowest BCUT2D eigenvalue weighted by atomic mass is 10.1. The molecule has 0 saturated carbocycles. The van der Waals surface area contributed by atoms with Crippen molar-refractivity contribution in [3.8, 4) is 0 Å². The van der Waals surface area contributed by atoms with Crippen LogP contribution in [-0.4, -0.2) is 27.5 Å². The van der Waals surface area contributed by atoms with Crippen LogP contribution in [0.2, 0.25) is 0 Å². The fourth-order valence-electron chi connectivity index (χ4n) is 2.59. The van der Waals surface area contributed by atoms with Crippen molar-refractivity contribution in [3.63, 3.8) is 0 Å². The van der Waals surface area contributed by atoms with Gasteiger partial charge in [0.05, 0.1) is 6.04 Å². The molecule has 0 spiro atoms. The van der Waals surface area contributed by atoms with Gasteiger partial charge in [-0.3, -0.25) is 4.90 Å². The molecule has 3 heteroatoms. The first-order valence-electron chi connectivity index (χ1n) is 6.16. The second-order valence-electron chi connectivity index (χ2n) is 5.00. The fourth-order valence-corrected chi connectivity index (χ4v) is 2.59. The summed E-state index contributed by atoms with van der Waals surface area (Å²) in [5.74, 6) is 1.02. The maximum atomic E-state index is 4.60. The van der Waals surface area contributed by atoms with Crippen molar-refractivity contribution < 1.29 is 0 Å². The molecule has 1 fully saturated rings. The van der Waals surface area contributed by atoms with Crippen molar-refractivity contribution in [2.24, 2.45) is 0 Å². The van der Waals surface area contributed by atoms with Crippen molar-refractivity contribution in [1.29, 1.82) is 0 Å². The summed E-state index contributed by atoms with van der Waals surface area (Å²) >= 11 is 0. The molecule has 0 aromatic carbocycles. The highest BCUT2D eigenvalue weighted by Crippen LogP contribution is 2.31. The van der Waals surface area contributed by atoms with Crippen LogP contribution < -0.4 is 0 Å². The Kier molecular flexibility index (Phi) is 3.24. The second-order valence-corrected chi connectivity index (χ2v) is 5.00. The normalized spacial score (nSPS) is 21.9. The van der Waals surface area contributed by atoms with Gasteiger partial charge in [0, 0.05) is 17.4 Å². The quantitative estimate of drug-likeness (QED) is 0.765. The van der Waals surface area contributed by atoms with Gasteiger partial charge in [-0.05, 0) is 53.1 Å². The third-order valence-electron chi connectivity index (χ3n) is 3.26. The van der Waals surface area contributed by atoms with Crippen LogP contribution in [0.4, 0.5) is 0 Å². The van der Waals surface area contributed by atoms with Crippen molar-refractivity contribution in [2.45, 2.75) is 52.6 Å². The predicted molar refractivity (Wildman–Crippen MR) is 65.3 cm³/mol. The minimum Gasteiger partial charge on any atom is -0.291 e. The minimum absolute atomic E-state index is 0.429. The predicted octanol–water partition coefficient (Wildman–Crippen LogP) is 2.64. The second kappa shape index (κ2) is 4.50. The molecule has 1 atom stereocenters. The average molecular weight is 219 g/mol. The molecule has 88 valence electrons. The average Bonchev–Trinajstić information content (AvgIpc) is 2.63. The number of likely N-dealkylation sites (tertiary alicyclic amines) is 1. The van der Waals surface area contributed by atoms with Crippen LogP contribution in [0, 0.1) is 13.8 Å². The van der Waals surface area contributed by atoms with E-state index in [-0.39, 0.29) is 0 Å². The fraction of sp³-hybridized carbons (Fsp3) is 0.692. The lowest BCUT2D eigenvalue weighted by molar-refractivity contribution is 0.198. The number of rotatable bonds is 2. The summed E-state index contributed by atoms with van der Waals surface area (Å²) in [5, 5.41) is 0. The van der Waals surface area contributed by atoms with Crippen LogP contribution in [0.25, 0.3) is 0 Å². The third kappa shape index (κ3) is 2.24. The molecule has 0 radical (unpaired) electrons. The van der Waals surface area contributed by atoms with Gasteiger partial charge in [0.25, 0.3) is 0 Å². The van der Waals surface area contributed by atoms with Crippen molar-refractivity contribution in [1.82, 2.24) is 14.9 Å². The van der Waals surface area contributed by atoms with E-state index in [1.165, 1.54) is 19.4 Å². The van der Waals surface area contributed by atoms with E-state index in [4.69, 9.17) is 0 Å². The molecule has 16 heavy (non-hydrogen) atoms. The molecule has 0 N–H and O–H groups in total. The molecule has 1 aromatic rings. The Bertz CT molecular complexity index is 353. The number of hydrogen-bond donors (Lipinski definition) is 0. The summed E-state index contributed by atoms with van der Waals surface area (Å²) in [4.78, 5) is 11.7. The van der Waals surface area contributed by atoms with Crippen LogP contribution in [-0.2, 0) is 0 Å². The van der Waals surface area contributed by atoms with Crippen LogP contribution in [0.5, 0.6) is 0 Å². The maximum absolute atomic E-state index is 4.60. The van der Waals surface area contributed by atoms with Gasteiger partial charge in [-0.2, -0.15) is 0 Å². The van der Waals surface area contributed by atoms with Gasteiger partial charge >= 0.3 is 0 Å². The lowest BCUT2D eigenvalue weighted by Crippen LogP contribution is -2.31. The van der Waals surface area contributed by atoms with E-state index in [2.05, 4.69) is 28.7 Å². The monoisotopic (exact) mass is 219 g/mol. The number of aromatic nitrogens is 2. The maximum Gasteiger partial charge on any atom is 0.145 e. The van der Waals surface area contributed by atoms with Gasteiger partial charge in [-0.25, -0.2) is 9.97 Å². The van der Waals surface area contributed by atoms with Gasteiger partial charge < -0.3 is 0 Å². The summed E-state index contributed by atoms with van der Waals surface area (Å²) < 4.78 is 0. The van der Waals surface area contributed by atoms with E-state index in [1.807, 2.05) is 19.9 Å². The number of nitrogens with zero attached hydrogens (tertiary/aromatic N) is 3. The highest BCUT2D eigenvalue weighted by molar-refractivity contribution is 5.11. The minimum atomic E-state index is 0.429. The first-order chi connectivity index (χ1) is 7.58. The lowest BCUT2D eigenvalue weighted by Gasteiger charge is -2.27. The Hall–Kier alpha value is -0.960. The molecule has 0 aliphatic carbocycles. The third-order valence-corrected chi connectivity index (χ3v) is 3.26. The summed E-state index contributed by atoms with van der Waals surface area (Å²) in [6.07, 6.45) is 2.46. The van der Waals surface area contributed by atoms with Crippen LogP contribution in [0.1, 0.15) is 49.9 Å². The molecule has 1 unspecified atom stereocenters. The zero-order valence-corrected chi connectivity index (χ0v) is 10.7. The Morgan fingerprint density at radius 3 is 2.44 bits per heavy atom. The molecule has 2 rings (SSSR count). The molecular formula is C13H21N3. The van der Waals surface area contributed by atoms with Gasteiger partial charge in [0.15, 0.2) is 0 Å². The smallest absolute Gasteiger partial charge is 0.145 e. The van der Waals surface area contributed by atoms with E-state index in [0.717, 1.165) is 17.2 Å². The zero-order chi connectivity index (χ0) is 11.7. The summed E-state index contributed by atoms with van der Waals surface area (Å²) in [5.41, 5.74) is 2.16. The Labute approximate surface area is 97.9 Å². The highest BCUT2D eigenvalue weighted by Gasteiger charge is 2.29. The van der Waals surface area contributed by atoms with Gasteiger partial charge in [-0.15, -0.1) is 0 Å². The molecule has 3 nitrogen and oxygen atoms in total. The highest BCUT2D eigenvalue weighted by atomic mass is 15.2. The van der Waals surface area contributed by atoms with Gasteiger partial charge in [-0.1, -0.05) is 0 Å². The van der Waals surface area contributed by atoms with Crippen LogP contribution in [0.15, 0.2) is 6.07 Å². The topological polar surface area (TPSA) is 29.0 Å². The molecule has 0 bridgehead atoms. The summed E-state index contributed by atoms with van der Waals surface area (Å²) in [6, 6.07) is 3.05. The van der Waals surface area contributed by atoms with E-state index in [9.17, 15) is 0 Å². The molecule has 1 aliphatic heterocycles. The first kappa shape index (κ1) is 11.5. The van der Waals surface area contributed by atoms with E-state index < -0.39 is 0 Å². The summed E-state index contributed by atoms with van der Waals surface area (Å²) in [7, 11) is 0. The molecule has 1 saturated heterocycles. The Balaban J connectivity index is 2.29. The standard InChI is InChI=1S/C13H21N3/c1-9(2)16-7-5-6-12(16)13-14-10(3)8-11(4)15-13/h8-9,12H,5-7H2,1-4H3. The van der Waals surface area contributed by atoms with E-state index in [1.54, 1.807) is 0 Å². The zero-order valence-electron chi connectivity index (χ0n) is 10.7. The van der Waals surface area contributed by atoms with Crippen molar-refractivity contribution >= 4 is 0 Å². The Morgan fingerprint density at radius 2 is 1.88 bits per heavy atom. The number of aryl methyl sites for hydroxylation is 2. The number of hydrogen-bond acceptors (Lipinski definition) is 3. The van der Waals surface area contributed by atoms with Crippen molar-refractivity contribution in [3.05, 3.63) is 23.3 Å². The molecule has 1 aliphatic rings. The van der Waals surface area contributed by atoms with Crippen LogP contribution >= 0.6 is 0 Å². The molecule has 1 aromatic heterocycles. The van der Waals surface area contributed by atoms with Crippen molar-refractivity contribution in [2.75, 3.05) is 6.54 Å². The molecular weight excluding hydrogens is 198 g/mol. The molecule has 0 amide bonds. The molecule has 2 heterocycles. The van der Waals surface area contributed by atoms with E-state index in [0.29, 0.717) is 12.1 Å². The SMILES string of the molecule is Cc1cc(C)nc(C2CCCN2C(C)C)n1. The summed E-state index contributed by atoms with van der Waals surface area (Å²) in [6.45, 7) is 9.78. The van der Waals surface area contributed by atoms with Gasteiger partial charge in [0.1, 0.15) is 5.82 Å². The van der Waals surface area contributed by atoms with Gasteiger partial charge in [0.2, 0.25) is 0 Å².